The minimum absolute atomic E-state index is 0.350. The minimum atomic E-state index is -0.728. The van der Waals surface area contributed by atoms with Gasteiger partial charge in [-0.1, -0.05) is 15.9 Å². The van der Waals surface area contributed by atoms with Gasteiger partial charge in [-0.2, -0.15) is 0 Å². The molecule has 4 fully saturated rings. The molecule has 0 saturated heterocycles. The van der Waals surface area contributed by atoms with Crippen molar-refractivity contribution in [3.8, 4) is 0 Å². The molecule has 1 aromatic carbocycles. The summed E-state index contributed by atoms with van der Waals surface area (Å²) in [5.74, 6) is -0.421. The lowest BCUT2D eigenvalue weighted by molar-refractivity contribution is -0.192. The lowest BCUT2D eigenvalue weighted by Gasteiger charge is -2.59. The van der Waals surface area contributed by atoms with Crippen molar-refractivity contribution < 1.29 is 19.4 Å². The van der Waals surface area contributed by atoms with Gasteiger partial charge in [0.1, 0.15) is 5.60 Å². The number of aliphatic carboxylic acids is 1. The van der Waals surface area contributed by atoms with Crippen molar-refractivity contribution in [3.05, 3.63) is 31.1 Å². The first-order valence-electron chi connectivity index (χ1n) is 8.33. The molecule has 4 aliphatic rings. The van der Waals surface area contributed by atoms with E-state index in [1.165, 1.54) is 0 Å². The number of halogens is 3. The van der Waals surface area contributed by atoms with Crippen molar-refractivity contribution in [3.63, 3.8) is 0 Å². The van der Waals surface area contributed by atoms with E-state index in [9.17, 15) is 14.7 Å². The molecule has 0 aromatic heterocycles. The van der Waals surface area contributed by atoms with Crippen molar-refractivity contribution in [1.29, 1.82) is 0 Å². The third-order valence-corrected chi connectivity index (χ3v) is 8.45. The van der Waals surface area contributed by atoms with Crippen LogP contribution in [0.15, 0.2) is 25.6 Å². The molecule has 2 atom stereocenters. The number of hydrogen-bond acceptors (Lipinski definition) is 3. The van der Waals surface area contributed by atoms with Gasteiger partial charge in [-0.25, -0.2) is 4.79 Å². The Morgan fingerprint density at radius 2 is 1.72 bits per heavy atom. The molecule has 2 unspecified atom stereocenters. The average Bonchev–Trinajstić information content (AvgIpc) is 2.48. The van der Waals surface area contributed by atoms with Gasteiger partial charge in [-0.15, -0.1) is 0 Å². The number of benzene rings is 1. The molecule has 4 bridgehead atoms. The fourth-order valence-corrected chi connectivity index (χ4v) is 7.12. The zero-order chi connectivity index (χ0) is 18.0. The maximum Gasteiger partial charge on any atom is 0.339 e. The minimum Gasteiger partial charge on any atom is -0.481 e. The first kappa shape index (κ1) is 18.0. The average molecular weight is 537 g/mol. The zero-order valence-corrected chi connectivity index (χ0v) is 18.1. The van der Waals surface area contributed by atoms with Gasteiger partial charge in [-0.3, -0.25) is 4.79 Å². The standard InChI is InChI=1S/C18H17Br3O4/c19-11-2-12(14(21)13(20)3-11)15(22)25-18-6-9-1-10(7-18)5-17(4-9,8-18)16(23)24/h2-3,9-10H,1,4-8H2,(H,23,24). The predicted octanol–water partition coefficient (Wildman–Crippen LogP) is 5.55. The number of esters is 1. The Morgan fingerprint density at radius 1 is 1.08 bits per heavy atom. The molecule has 134 valence electrons. The molecule has 25 heavy (non-hydrogen) atoms. The summed E-state index contributed by atoms with van der Waals surface area (Å²) in [6.45, 7) is 0. The normalized spacial score (nSPS) is 35.6. The Hall–Kier alpha value is -0.400. The number of hydrogen-bond donors (Lipinski definition) is 1. The Morgan fingerprint density at radius 3 is 2.32 bits per heavy atom. The van der Waals surface area contributed by atoms with Gasteiger partial charge in [0.15, 0.2) is 0 Å². The quantitative estimate of drug-likeness (QED) is 0.406. The highest BCUT2D eigenvalue weighted by Gasteiger charge is 2.62. The van der Waals surface area contributed by atoms with Gasteiger partial charge in [0.25, 0.3) is 0 Å². The molecule has 0 radical (unpaired) electrons. The molecule has 4 aliphatic carbocycles. The summed E-state index contributed by atoms with van der Waals surface area (Å²) in [4.78, 5) is 24.8. The van der Waals surface area contributed by atoms with Crippen LogP contribution in [0.1, 0.15) is 48.9 Å². The predicted molar refractivity (Wildman–Crippen MR) is 102 cm³/mol. The van der Waals surface area contributed by atoms with Crippen LogP contribution >= 0.6 is 47.8 Å². The molecule has 1 N–H and O–H groups in total. The van der Waals surface area contributed by atoms with Crippen molar-refractivity contribution in [2.45, 2.75) is 44.1 Å². The fourth-order valence-electron chi connectivity index (χ4n) is 5.50. The Labute approximate surface area is 171 Å². The highest BCUT2D eigenvalue weighted by atomic mass is 79.9. The van der Waals surface area contributed by atoms with Gasteiger partial charge < -0.3 is 9.84 Å². The van der Waals surface area contributed by atoms with E-state index in [2.05, 4.69) is 47.8 Å². The van der Waals surface area contributed by atoms with Crippen LogP contribution in [-0.4, -0.2) is 22.6 Å². The number of rotatable bonds is 3. The lowest BCUT2D eigenvalue weighted by atomic mass is 9.48. The van der Waals surface area contributed by atoms with Gasteiger partial charge in [0.2, 0.25) is 0 Å². The Balaban J connectivity index is 1.65. The smallest absolute Gasteiger partial charge is 0.339 e. The van der Waals surface area contributed by atoms with Crippen molar-refractivity contribution in [2.75, 3.05) is 0 Å². The molecule has 5 rings (SSSR count). The first-order valence-corrected chi connectivity index (χ1v) is 10.7. The lowest BCUT2D eigenvalue weighted by Crippen LogP contribution is -2.59. The highest BCUT2D eigenvalue weighted by molar-refractivity contribution is 9.13. The summed E-state index contributed by atoms with van der Waals surface area (Å²) in [5, 5.41) is 9.80. The maximum atomic E-state index is 12.9. The number of ether oxygens (including phenoxy) is 1. The zero-order valence-electron chi connectivity index (χ0n) is 13.4. The van der Waals surface area contributed by atoms with E-state index in [0.29, 0.717) is 28.3 Å². The van der Waals surface area contributed by atoms with Crippen LogP contribution in [0.4, 0.5) is 0 Å². The summed E-state index contributed by atoms with van der Waals surface area (Å²) in [6.07, 6.45) is 4.55. The van der Waals surface area contributed by atoms with E-state index >= 15 is 0 Å². The molecule has 4 nitrogen and oxygen atoms in total. The second-order valence-corrected chi connectivity index (χ2v) is 10.4. The summed E-state index contributed by atoms with van der Waals surface area (Å²) in [6, 6.07) is 3.58. The number of carboxylic acids is 1. The van der Waals surface area contributed by atoms with Crippen molar-refractivity contribution >= 4 is 59.7 Å². The highest BCUT2D eigenvalue weighted by Crippen LogP contribution is 2.63. The van der Waals surface area contributed by atoms with Crippen LogP contribution in [0.5, 0.6) is 0 Å². The monoisotopic (exact) mass is 534 g/mol. The van der Waals surface area contributed by atoms with Crippen LogP contribution in [-0.2, 0) is 9.53 Å². The Kier molecular flexibility index (Phi) is 4.36. The number of carbonyl (C=O) groups excluding carboxylic acids is 1. The molecule has 0 aliphatic heterocycles. The molecule has 0 spiro atoms. The summed E-state index contributed by atoms with van der Waals surface area (Å²) < 4.78 is 8.22. The molecular weight excluding hydrogens is 520 g/mol. The maximum absolute atomic E-state index is 12.9. The van der Waals surface area contributed by atoms with Crippen LogP contribution in [0, 0.1) is 17.3 Å². The van der Waals surface area contributed by atoms with Gasteiger partial charge in [-0.05, 0) is 87.9 Å². The summed E-state index contributed by atoms with van der Waals surface area (Å²) in [7, 11) is 0. The third kappa shape index (κ3) is 3.00. The summed E-state index contributed by atoms with van der Waals surface area (Å²) in [5.41, 5.74) is -0.894. The van der Waals surface area contributed by atoms with E-state index in [1.807, 2.05) is 6.07 Å². The molecule has 1 aromatic rings. The molecule has 0 amide bonds. The van der Waals surface area contributed by atoms with Crippen LogP contribution < -0.4 is 0 Å². The van der Waals surface area contributed by atoms with E-state index in [4.69, 9.17) is 4.74 Å². The topological polar surface area (TPSA) is 63.6 Å². The van der Waals surface area contributed by atoms with E-state index in [-0.39, 0.29) is 0 Å². The van der Waals surface area contributed by atoms with E-state index in [0.717, 1.165) is 41.0 Å². The second-order valence-electron chi connectivity index (χ2n) is 7.87. The van der Waals surface area contributed by atoms with Gasteiger partial charge >= 0.3 is 11.9 Å². The molecular formula is C18H17Br3O4. The molecule has 4 saturated carbocycles. The SMILES string of the molecule is O=C(OC12CC3CC(C1)CC(C(=O)O)(C3)C2)c1cc(Br)cc(Br)c1Br. The van der Waals surface area contributed by atoms with Gasteiger partial charge in [0.05, 0.1) is 11.0 Å². The number of carboxylic acid groups (broad SMARTS) is 1. The van der Waals surface area contributed by atoms with Crippen molar-refractivity contribution in [1.82, 2.24) is 0 Å². The molecule has 7 heteroatoms. The largest absolute Gasteiger partial charge is 0.481 e. The van der Waals surface area contributed by atoms with Gasteiger partial charge in [0, 0.05) is 19.8 Å². The van der Waals surface area contributed by atoms with Crippen LogP contribution in [0.3, 0.4) is 0 Å². The third-order valence-electron chi connectivity index (χ3n) is 5.98. The Bertz CT molecular complexity index is 762. The van der Waals surface area contributed by atoms with E-state index < -0.39 is 23.0 Å². The summed E-state index contributed by atoms with van der Waals surface area (Å²) >= 11 is 10.3. The van der Waals surface area contributed by atoms with Crippen LogP contribution in [0.2, 0.25) is 0 Å². The first-order chi connectivity index (χ1) is 11.7. The van der Waals surface area contributed by atoms with E-state index in [1.54, 1.807) is 6.07 Å². The van der Waals surface area contributed by atoms with Crippen LogP contribution in [0.25, 0.3) is 0 Å². The fraction of sp³-hybridized carbons (Fsp3) is 0.556. The molecule has 0 heterocycles. The van der Waals surface area contributed by atoms with Crippen molar-refractivity contribution in [2.24, 2.45) is 17.3 Å². The second kappa shape index (κ2) is 6.06. The number of carbonyl (C=O) groups is 2.